The van der Waals surface area contributed by atoms with Crippen molar-refractivity contribution < 1.29 is 0 Å². The van der Waals surface area contributed by atoms with Crippen molar-refractivity contribution in [2.45, 2.75) is 0 Å². The lowest BCUT2D eigenvalue weighted by Gasteiger charge is -1.94. The van der Waals surface area contributed by atoms with Gasteiger partial charge in [-0.15, -0.1) is 0 Å². The normalized spacial score (nSPS) is 9.08. The highest BCUT2D eigenvalue weighted by Gasteiger charge is 1.99. The van der Waals surface area contributed by atoms with Crippen LogP contribution >= 0.6 is 11.6 Å². The van der Waals surface area contributed by atoms with E-state index in [0.29, 0.717) is 18.1 Å². The van der Waals surface area contributed by atoms with E-state index >= 15 is 0 Å². The van der Waals surface area contributed by atoms with Crippen molar-refractivity contribution in [1.82, 2.24) is 15.3 Å². The second-order valence-corrected chi connectivity index (χ2v) is 2.62. The van der Waals surface area contributed by atoms with Crippen LogP contribution in [0.15, 0.2) is 6.20 Å². The molecular formula is C8H9ClN4. The lowest BCUT2D eigenvalue weighted by molar-refractivity contribution is 0.938. The molecule has 0 saturated heterocycles. The molecule has 0 atom stereocenters. The van der Waals surface area contributed by atoms with Gasteiger partial charge in [0.2, 0.25) is 0 Å². The first-order valence-corrected chi connectivity index (χ1v) is 4.03. The molecule has 3 N–H and O–H groups in total. The van der Waals surface area contributed by atoms with Crippen LogP contribution in [0, 0.1) is 11.8 Å². The van der Waals surface area contributed by atoms with Gasteiger partial charge in [0, 0.05) is 0 Å². The van der Waals surface area contributed by atoms with Crippen LogP contribution in [0.25, 0.3) is 0 Å². The molecule has 0 fully saturated rings. The van der Waals surface area contributed by atoms with Gasteiger partial charge in [-0.25, -0.2) is 9.97 Å². The summed E-state index contributed by atoms with van der Waals surface area (Å²) in [5.41, 5.74) is 5.81. The molecule has 4 nitrogen and oxygen atoms in total. The van der Waals surface area contributed by atoms with Gasteiger partial charge in [-0.1, -0.05) is 17.5 Å². The summed E-state index contributed by atoms with van der Waals surface area (Å²) in [5.74, 6) is 5.89. The van der Waals surface area contributed by atoms with E-state index in [-0.39, 0.29) is 5.15 Å². The van der Waals surface area contributed by atoms with Crippen LogP contribution in [0.2, 0.25) is 5.15 Å². The fourth-order valence-corrected chi connectivity index (χ4v) is 0.873. The van der Waals surface area contributed by atoms with E-state index < -0.39 is 0 Å². The fraction of sp³-hybridized carbons (Fsp3) is 0.250. The summed E-state index contributed by atoms with van der Waals surface area (Å²) in [4.78, 5) is 7.74. The molecule has 0 aliphatic carbocycles. The zero-order valence-corrected chi connectivity index (χ0v) is 7.89. The molecule has 0 unspecified atom stereocenters. The van der Waals surface area contributed by atoms with Gasteiger partial charge in [-0.05, 0) is 13.0 Å². The second-order valence-electron chi connectivity index (χ2n) is 2.27. The van der Waals surface area contributed by atoms with Gasteiger partial charge < -0.3 is 11.1 Å². The van der Waals surface area contributed by atoms with Crippen molar-refractivity contribution in [3.63, 3.8) is 0 Å². The summed E-state index contributed by atoms with van der Waals surface area (Å²) in [6.45, 7) is 0.586. The molecule has 0 radical (unpaired) electrons. The van der Waals surface area contributed by atoms with E-state index in [1.165, 1.54) is 6.20 Å². The molecule has 1 heterocycles. The number of nitrogens with zero attached hydrogens (tertiary/aromatic N) is 2. The maximum atomic E-state index is 5.73. The monoisotopic (exact) mass is 196 g/mol. The Hall–Kier alpha value is -1.31. The lowest BCUT2D eigenvalue weighted by atomic mass is 10.4. The Kier molecular flexibility index (Phi) is 3.50. The van der Waals surface area contributed by atoms with E-state index in [9.17, 15) is 0 Å². The van der Waals surface area contributed by atoms with Gasteiger partial charge in [-0.3, -0.25) is 0 Å². The van der Waals surface area contributed by atoms with Crippen LogP contribution in [-0.2, 0) is 0 Å². The number of hydrogen-bond acceptors (Lipinski definition) is 4. The van der Waals surface area contributed by atoms with Crippen molar-refractivity contribution in [1.29, 1.82) is 0 Å². The van der Waals surface area contributed by atoms with Gasteiger partial charge in [-0.2, -0.15) is 0 Å². The van der Waals surface area contributed by atoms with Crippen LogP contribution in [0.4, 0.5) is 5.82 Å². The topological polar surface area (TPSA) is 63.8 Å². The number of aromatic nitrogens is 2. The third kappa shape index (κ3) is 2.90. The minimum atomic E-state index is 0.239. The predicted molar refractivity (Wildman–Crippen MR) is 52.3 cm³/mol. The average molecular weight is 197 g/mol. The quantitative estimate of drug-likeness (QED) is 0.634. The molecule has 0 aromatic carbocycles. The van der Waals surface area contributed by atoms with Gasteiger partial charge in [0.1, 0.15) is 5.82 Å². The molecule has 0 bridgehead atoms. The maximum Gasteiger partial charge on any atom is 0.165 e. The maximum absolute atomic E-state index is 5.73. The summed E-state index contributed by atoms with van der Waals surface area (Å²) in [6.07, 6.45) is 1.43. The van der Waals surface area contributed by atoms with E-state index in [0.717, 1.165) is 0 Å². The zero-order valence-electron chi connectivity index (χ0n) is 7.13. The predicted octanol–water partition coefficient (Wildman–Crippen LogP) is 0.283. The number of nitrogens with two attached hydrogens (primary N) is 1. The van der Waals surface area contributed by atoms with E-state index in [1.807, 2.05) is 7.05 Å². The molecule has 13 heavy (non-hydrogen) atoms. The highest BCUT2D eigenvalue weighted by molar-refractivity contribution is 6.30. The van der Waals surface area contributed by atoms with Crippen molar-refractivity contribution in [3.05, 3.63) is 17.0 Å². The molecule has 0 amide bonds. The molecule has 1 rings (SSSR count). The summed E-state index contributed by atoms with van der Waals surface area (Å²) in [5, 5.41) is 3.12. The first-order chi connectivity index (χ1) is 6.24. The fourth-order valence-electron chi connectivity index (χ4n) is 0.679. The zero-order chi connectivity index (χ0) is 9.68. The SMILES string of the molecule is CNCC#Cc1ncc(N)nc1Cl. The van der Waals surface area contributed by atoms with Crippen LogP contribution in [0.5, 0.6) is 0 Å². The molecular weight excluding hydrogens is 188 g/mol. The molecule has 1 aromatic rings. The standard InChI is InChI=1S/C8H9ClN4/c1-11-4-2-3-6-8(9)13-7(10)5-12-6/h5,11H,4H2,1H3,(H2,10,13). The summed E-state index contributed by atoms with van der Waals surface area (Å²) in [7, 11) is 1.81. The van der Waals surface area contributed by atoms with E-state index in [4.69, 9.17) is 17.3 Å². The van der Waals surface area contributed by atoms with Crippen molar-refractivity contribution in [3.8, 4) is 11.8 Å². The van der Waals surface area contributed by atoms with Crippen LogP contribution in [0.1, 0.15) is 5.69 Å². The Morgan fingerprint density at radius 2 is 2.46 bits per heavy atom. The Balaban J connectivity index is 2.85. The van der Waals surface area contributed by atoms with Crippen LogP contribution in [0.3, 0.4) is 0 Å². The first kappa shape index (κ1) is 9.78. The number of nitrogens with one attached hydrogen (secondary N) is 1. The van der Waals surface area contributed by atoms with Crippen LogP contribution < -0.4 is 11.1 Å². The molecule has 0 aliphatic heterocycles. The van der Waals surface area contributed by atoms with Crippen molar-refractivity contribution in [2.24, 2.45) is 0 Å². The van der Waals surface area contributed by atoms with Gasteiger partial charge >= 0.3 is 0 Å². The Labute approximate surface area is 81.5 Å². The Morgan fingerprint density at radius 3 is 3.08 bits per heavy atom. The molecule has 5 heteroatoms. The largest absolute Gasteiger partial charge is 0.382 e. The molecule has 1 aromatic heterocycles. The second kappa shape index (κ2) is 4.65. The first-order valence-electron chi connectivity index (χ1n) is 3.65. The van der Waals surface area contributed by atoms with Crippen LogP contribution in [-0.4, -0.2) is 23.6 Å². The summed E-state index contributed by atoms with van der Waals surface area (Å²) in [6, 6.07) is 0. The van der Waals surface area contributed by atoms with Gasteiger partial charge in [0.15, 0.2) is 10.8 Å². The highest BCUT2D eigenvalue weighted by atomic mass is 35.5. The summed E-state index contributed by atoms with van der Waals surface area (Å²) >= 11 is 5.73. The molecule has 0 saturated carbocycles. The third-order valence-corrected chi connectivity index (χ3v) is 1.48. The van der Waals surface area contributed by atoms with E-state index in [1.54, 1.807) is 0 Å². The average Bonchev–Trinajstić information content (AvgIpc) is 2.09. The number of anilines is 1. The molecule has 0 aliphatic rings. The van der Waals surface area contributed by atoms with Gasteiger partial charge in [0.25, 0.3) is 0 Å². The summed E-state index contributed by atoms with van der Waals surface area (Å²) < 4.78 is 0. The van der Waals surface area contributed by atoms with E-state index in [2.05, 4.69) is 27.1 Å². The number of nitrogen functional groups attached to an aromatic ring is 1. The highest BCUT2D eigenvalue weighted by Crippen LogP contribution is 2.09. The van der Waals surface area contributed by atoms with Crippen molar-refractivity contribution in [2.75, 3.05) is 19.3 Å². The minimum absolute atomic E-state index is 0.239. The third-order valence-electron chi connectivity index (χ3n) is 1.22. The lowest BCUT2D eigenvalue weighted by Crippen LogP contribution is -2.04. The number of hydrogen-bond donors (Lipinski definition) is 2. The van der Waals surface area contributed by atoms with Gasteiger partial charge in [0.05, 0.1) is 12.7 Å². The Morgan fingerprint density at radius 1 is 1.69 bits per heavy atom. The minimum Gasteiger partial charge on any atom is -0.382 e. The smallest absolute Gasteiger partial charge is 0.165 e. The number of halogens is 1. The molecule has 0 spiro atoms. The molecule has 68 valence electrons. The Bertz CT molecular complexity index is 353. The number of rotatable bonds is 1. The van der Waals surface area contributed by atoms with Crippen molar-refractivity contribution >= 4 is 17.4 Å².